The molecule has 0 spiro atoms. The summed E-state index contributed by atoms with van der Waals surface area (Å²) >= 11 is 0. The van der Waals surface area contributed by atoms with E-state index in [0.717, 1.165) is 38.5 Å². The van der Waals surface area contributed by atoms with Gasteiger partial charge in [-0.15, -0.1) is 24.0 Å². The summed E-state index contributed by atoms with van der Waals surface area (Å²) in [5.41, 5.74) is -0.846. The summed E-state index contributed by atoms with van der Waals surface area (Å²) in [6.07, 6.45) is 5.78. The van der Waals surface area contributed by atoms with Gasteiger partial charge in [-0.1, -0.05) is 12.8 Å². The molecule has 2 amide bonds. The maximum atomic E-state index is 12.7. The molecule has 2 N–H and O–H groups in total. The second-order valence-corrected chi connectivity index (χ2v) is 9.44. The van der Waals surface area contributed by atoms with E-state index in [1.54, 1.807) is 16.8 Å². The number of hydrogen-bond donors (Lipinski definition) is 2. The van der Waals surface area contributed by atoms with E-state index < -0.39 is 5.60 Å². The van der Waals surface area contributed by atoms with Crippen molar-refractivity contribution in [2.45, 2.75) is 70.9 Å². The van der Waals surface area contributed by atoms with Crippen LogP contribution in [0.15, 0.2) is 4.99 Å². The number of hydrogen-bond acceptors (Lipinski definition) is 4. The van der Waals surface area contributed by atoms with Crippen LogP contribution in [0.2, 0.25) is 0 Å². The summed E-state index contributed by atoms with van der Waals surface area (Å²) in [6, 6.07) is 0.279. The van der Waals surface area contributed by atoms with Crippen LogP contribution in [-0.2, 0) is 9.53 Å². The number of aliphatic imine (C=N–C) groups is 1. The number of guanidine groups is 1. The summed E-state index contributed by atoms with van der Waals surface area (Å²) in [5.74, 6) is 0.838. The van der Waals surface area contributed by atoms with Crippen molar-refractivity contribution in [3.8, 4) is 0 Å². The maximum absolute atomic E-state index is 12.7. The number of carbonyl (C=O) groups excluding carboxylic acids is 2. The van der Waals surface area contributed by atoms with Crippen LogP contribution in [-0.4, -0.2) is 80.2 Å². The number of nitrogens with zero attached hydrogens (tertiary/aromatic N) is 3. The van der Waals surface area contributed by atoms with Crippen molar-refractivity contribution < 1.29 is 14.3 Å². The smallest absolute Gasteiger partial charge is 0.410 e. The number of ether oxygens (including phenoxy) is 1. The average molecular weight is 537 g/mol. The minimum atomic E-state index is -0.496. The maximum Gasteiger partial charge on any atom is 0.410 e. The molecule has 0 radical (unpaired) electrons. The molecule has 2 fully saturated rings. The fourth-order valence-electron chi connectivity index (χ4n) is 3.89. The number of nitrogens with one attached hydrogen (secondary N) is 2. The third kappa shape index (κ3) is 7.77. The Kier molecular flexibility index (Phi) is 10.2. The minimum absolute atomic E-state index is 0. The Morgan fingerprint density at radius 3 is 2.20 bits per heavy atom. The molecule has 2 rings (SSSR count). The summed E-state index contributed by atoms with van der Waals surface area (Å²) < 4.78 is 5.53. The van der Waals surface area contributed by atoms with E-state index in [4.69, 9.17) is 4.74 Å². The normalized spacial score (nSPS) is 18.3. The highest BCUT2D eigenvalue weighted by molar-refractivity contribution is 14.0. The Morgan fingerprint density at radius 1 is 1.13 bits per heavy atom. The van der Waals surface area contributed by atoms with Crippen LogP contribution in [0.25, 0.3) is 0 Å². The van der Waals surface area contributed by atoms with E-state index in [1.807, 2.05) is 34.9 Å². The first-order valence-corrected chi connectivity index (χ1v) is 10.7. The Hall–Kier alpha value is -1.26. The Morgan fingerprint density at radius 2 is 1.73 bits per heavy atom. The summed E-state index contributed by atoms with van der Waals surface area (Å²) in [4.78, 5) is 32.9. The third-order valence-electron chi connectivity index (χ3n) is 5.50. The van der Waals surface area contributed by atoms with Crippen molar-refractivity contribution in [3.63, 3.8) is 0 Å². The molecular formula is C21H40IN5O3. The molecule has 2 aliphatic rings. The van der Waals surface area contributed by atoms with Gasteiger partial charge >= 0.3 is 6.09 Å². The number of carbonyl (C=O) groups is 2. The van der Waals surface area contributed by atoms with Gasteiger partial charge in [0.15, 0.2) is 5.96 Å². The van der Waals surface area contributed by atoms with Crippen molar-refractivity contribution in [2.24, 2.45) is 10.4 Å². The van der Waals surface area contributed by atoms with Gasteiger partial charge in [0.25, 0.3) is 0 Å². The lowest BCUT2D eigenvalue weighted by Gasteiger charge is -2.31. The van der Waals surface area contributed by atoms with Gasteiger partial charge in [0.2, 0.25) is 5.91 Å². The fourth-order valence-corrected chi connectivity index (χ4v) is 3.89. The van der Waals surface area contributed by atoms with Crippen LogP contribution >= 0.6 is 24.0 Å². The predicted molar refractivity (Wildman–Crippen MR) is 130 cm³/mol. The highest BCUT2D eigenvalue weighted by Crippen LogP contribution is 2.38. The predicted octanol–water partition coefficient (Wildman–Crippen LogP) is 2.82. The lowest BCUT2D eigenvalue weighted by atomic mass is 9.84. The van der Waals surface area contributed by atoms with Gasteiger partial charge in [0.05, 0.1) is 5.41 Å². The zero-order valence-corrected chi connectivity index (χ0v) is 21.7. The highest BCUT2D eigenvalue weighted by Gasteiger charge is 2.42. The molecule has 0 aromatic carbocycles. The highest BCUT2D eigenvalue weighted by atomic mass is 127. The molecule has 0 aromatic heterocycles. The lowest BCUT2D eigenvalue weighted by molar-refractivity contribution is -0.138. The summed E-state index contributed by atoms with van der Waals surface area (Å²) in [5, 5.41) is 6.60. The Balaban J connectivity index is 0.00000450. The molecule has 8 nitrogen and oxygen atoms in total. The quantitative estimate of drug-likeness (QED) is 0.297. The molecule has 174 valence electrons. The molecule has 2 saturated carbocycles. The number of rotatable bonds is 7. The number of halogens is 1. The van der Waals surface area contributed by atoms with Crippen LogP contribution < -0.4 is 10.6 Å². The molecule has 0 saturated heterocycles. The van der Waals surface area contributed by atoms with Gasteiger partial charge in [-0.2, -0.15) is 0 Å². The van der Waals surface area contributed by atoms with Gasteiger partial charge in [0, 0.05) is 46.8 Å². The van der Waals surface area contributed by atoms with Crippen molar-refractivity contribution >= 4 is 41.9 Å². The molecule has 0 atom stereocenters. The summed E-state index contributed by atoms with van der Waals surface area (Å²) in [6.45, 7) is 7.35. The van der Waals surface area contributed by atoms with E-state index in [1.165, 1.54) is 0 Å². The van der Waals surface area contributed by atoms with Crippen LogP contribution in [0.1, 0.15) is 59.3 Å². The third-order valence-corrected chi connectivity index (χ3v) is 5.50. The Labute approximate surface area is 198 Å². The first kappa shape index (κ1) is 26.8. The van der Waals surface area contributed by atoms with Crippen LogP contribution in [0.5, 0.6) is 0 Å². The summed E-state index contributed by atoms with van der Waals surface area (Å²) in [7, 11) is 5.36. The van der Waals surface area contributed by atoms with E-state index in [0.29, 0.717) is 25.6 Å². The average Bonchev–Trinajstić information content (AvgIpc) is 3.35. The van der Waals surface area contributed by atoms with Gasteiger partial charge in [-0.05, 0) is 46.5 Å². The fraction of sp³-hybridized carbons (Fsp3) is 0.857. The van der Waals surface area contributed by atoms with Crippen LogP contribution in [0.3, 0.4) is 0 Å². The standard InChI is InChI=1S/C21H39N5O3.HI/c1-20(2,3)29-19(28)26(16-9-10-16)14-13-23-18(22-4)24-15-21(11-7-8-12-21)17(27)25(5)6;/h16H,7-15H2,1-6H3,(H2,22,23,24);1H. The molecule has 0 aromatic rings. The topological polar surface area (TPSA) is 86.3 Å². The molecule has 30 heavy (non-hydrogen) atoms. The molecular weight excluding hydrogens is 497 g/mol. The van der Waals surface area contributed by atoms with Gasteiger partial charge < -0.3 is 25.2 Å². The zero-order valence-electron chi connectivity index (χ0n) is 19.4. The van der Waals surface area contributed by atoms with Crippen molar-refractivity contribution in [2.75, 3.05) is 40.8 Å². The SMILES string of the molecule is CN=C(NCCN(C(=O)OC(C)(C)C)C1CC1)NCC1(C(=O)N(C)C)CCCC1.I. The van der Waals surface area contributed by atoms with E-state index in [9.17, 15) is 9.59 Å². The first-order valence-electron chi connectivity index (χ1n) is 10.7. The molecule has 0 unspecified atom stereocenters. The molecule has 0 aliphatic heterocycles. The van der Waals surface area contributed by atoms with Crippen molar-refractivity contribution in [1.29, 1.82) is 0 Å². The molecule has 2 aliphatic carbocycles. The van der Waals surface area contributed by atoms with E-state index in [2.05, 4.69) is 15.6 Å². The second kappa shape index (κ2) is 11.4. The van der Waals surface area contributed by atoms with Crippen LogP contribution in [0, 0.1) is 5.41 Å². The van der Waals surface area contributed by atoms with Gasteiger partial charge in [-0.25, -0.2) is 4.79 Å². The lowest BCUT2D eigenvalue weighted by Crippen LogP contribution is -2.50. The molecule has 9 heteroatoms. The second-order valence-electron chi connectivity index (χ2n) is 9.44. The van der Waals surface area contributed by atoms with Gasteiger partial charge in [-0.3, -0.25) is 9.79 Å². The zero-order chi connectivity index (χ0) is 21.7. The molecule has 0 bridgehead atoms. The Bertz CT molecular complexity index is 608. The largest absolute Gasteiger partial charge is 0.444 e. The monoisotopic (exact) mass is 537 g/mol. The van der Waals surface area contributed by atoms with Crippen LogP contribution in [0.4, 0.5) is 4.79 Å². The van der Waals surface area contributed by atoms with Crippen molar-refractivity contribution in [3.05, 3.63) is 0 Å². The molecule has 0 heterocycles. The first-order chi connectivity index (χ1) is 13.6. The van der Waals surface area contributed by atoms with E-state index >= 15 is 0 Å². The minimum Gasteiger partial charge on any atom is -0.444 e. The number of amides is 2. The van der Waals surface area contributed by atoms with Crippen molar-refractivity contribution in [1.82, 2.24) is 20.4 Å². The van der Waals surface area contributed by atoms with Gasteiger partial charge in [0.1, 0.15) is 5.60 Å². The van der Waals surface area contributed by atoms with E-state index in [-0.39, 0.29) is 47.4 Å².